The SMILES string of the molecule is Fc1ccc(Nc2nc(-c3cccnc3)nc3c(F)cc(-c4ccc5c(c4)CCCO5)cc23)cc1F. The predicted octanol–water partition coefficient (Wildman–Crippen LogP) is 6.84. The Bertz CT molecular complexity index is 1610. The van der Waals surface area contributed by atoms with Gasteiger partial charge in [0.25, 0.3) is 0 Å². The largest absolute Gasteiger partial charge is 0.493 e. The van der Waals surface area contributed by atoms with Crippen molar-refractivity contribution < 1.29 is 17.9 Å². The van der Waals surface area contributed by atoms with Crippen LogP contribution in [-0.2, 0) is 6.42 Å². The molecule has 3 heterocycles. The highest BCUT2D eigenvalue weighted by Gasteiger charge is 2.17. The fourth-order valence-corrected chi connectivity index (χ4v) is 4.33. The summed E-state index contributed by atoms with van der Waals surface area (Å²) in [6.07, 6.45) is 5.00. The minimum atomic E-state index is -1.01. The molecule has 3 aromatic carbocycles. The number of hydrogen-bond acceptors (Lipinski definition) is 5. The molecule has 0 spiro atoms. The van der Waals surface area contributed by atoms with Gasteiger partial charge in [0.05, 0.1) is 6.61 Å². The molecule has 0 saturated heterocycles. The zero-order chi connectivity index (χ0) is 24.6. The quantitative estimate of drug-likeness (QED) is 0.303. The first-order valence-corrected chi connectivity index (χ1v) is 11.4. The lowest BCUT2D eigenvalue weighted by molar-refractivity contribution is 0.288. The first-order valence-electron chi connectivity index (χ1n) is 11.4. The molecule has 1 aliphatic rings. The van der Waals surface area contributed by atoms with E-state index >= 15 is 4.39 Å². The molecule has 0 atom stereocenters. The summed E-state index contributed by atoms with van der Waals surface area (Å²) in [7, 11) is 0. The highest BCUT2D eigenvalue weighted by atomic mass is 19.2. The molecule has 6 rings (SSSR count). The zero-order valence-electron chi connectivity index (χ0n) is 18.9. The maximum atomic E-state index is 15.5. The first-order chi connectivity index (χ1) is 17.5. The molecular formula is C28H19F3N4O. The number of aryl methyl sites for hydroxylation is 1. The van der Waals surface area contributed by atoms with E-state index in [0.717, 1.165) is 41.9 Å². The Morgan fingerprint density at radius 2 is 1.72 bits per heavy atom. The number of pyridine rings is 1. The van der Waals surface area contributed by atoms with Gasteiger partial charge in [0.15, 0.2) is 17.5 Å². The van der Waals surface area contributed by atoms with Crippen molar-refractivity contribution >= 4 is 22.4 Å². The molecule has 0 fully saturated rings. The Labute approximate surface area is 204 Å². The number of nitrogens with zero attached hydrogens (tertiary/aromatic N) is 3. The smallest absolute Gasteiger partial charge is 0.163 e. The molecule has 2 aromatic heterocycles. The van der Waals surface area contributed by atoms with E-state index in [0.29, 0.717) is 23.1 Å². The number of halogens is 3. The summed E-state index contributed by atoms with van der Waals surface area (Å²) in [5, 5.41) is 3.42. The molecule has 1 N–H and O–H groups in total. The fourth-order valence-electron chi connectivity index (χ4n) is 4.33. The number of hydrogen-bond donors (Lipinski definition) is 1. The lowest BCUT2D eigenvalue weighted by atomic mass is 9.97. The summed E-state index contributed by atoms with van der Waals surface area (Å²) in [6, 6.07) is 15.9. The predicted molar refractivity (Wildman–Crippen MR) is 132 cm³/mol. The van der Waals surface area contributed by atoms with E-state index < -0.39 is 17.5 Å². The van der Waals surface area contributed by atoms with Crippen LogP contribution in [0.25, 0.3) is 33.4 Å². The summed E-state index contributed by atoms with van der Waals surface area (Å²) in [4.78, 5) is 13.2. The number of anilines is 2. The van der Waals surface area contributed by atoms with Crippen molar-refractivity contribution in [3.8, 4) is 28.3 Å². The van der Waals surface area contributed by atoms with Gasteiger partial charge >= 0.3 is 0 Å². The number of aromatic nitrogens is 3. The molecule has 0 bridgehead atoms. The van der Waals surface area contributed by atoms with E-state index in [1.807, 2.05) is 18.2 Å². The molecule has 0 amide bonds. The number of fused-ring (bicyclic) bond motifs is 2. The van der Waals surface area contributed by atoms with Crippen LogP contribution in [-0.4, -0.2) is 21.6 Å². The molecule has 0 aliphatic carbocycles. The molecule has 36 heavy (non-hydrogen) atoms. The average Bonchev–Trinajstić information content (AvgIpc) is 2.91. The van der Waals surface area contributed by atoms with Crippen molar-refractivity contribution in [3.05, 3.63) is 96.1 Å². The molecule has 8 heteroatoms. The molecule has 0 radical (unpaired) electrons. The number of benzene rings is 3. The van der Waals surface area contributed by atoms with Gasteiger partial charge in [-0.1, -0.05) is 6.07 Å². The van der Waals surface area contributed by atoms with Crippen LogP contribution < -0.4 is 10.1 Å². The molecule has 5 nitrogen and oxygen atoms in total. The van der Waals surface area contributed by atoms with E-state index in [4.69, 9.17) is 4.74 Å². The fraction of sp³-hybridized carbons (Fsp3) is 0.107. The van der Waals surface area contributed by atoms with Crippen molar-refractivity contribution in [2.75, 3.05) is 11.9 Å². The molecule has 178 valence electrons. The summed E-state index contributed by atoms with van der Waals surface area (Å²) in [6.45, 7) is 0.687. The van der Waals surface area contributed by atoms with Crippen LogP contribution in [0.5, 0.6) is 5.75 Å². The summed E-state index contributed by atoms with van der Waals surface area (Å²) in [5.41, 5.74) is 3.49. The lowest BCUT2D eigenvalue weighted by Crippen LogP contribution is -2.08. The van der Waals surface area contributed by atoms with Crippen molar-refractivity contribution in [1.82, 2.24) is 15.0 Å². The Kier molecular flexibility index (Phi) is 5.48. The Balaban J connectivity index is 1.53. The number of rotatable bonds is 4. The first kappa shape index (κ1) is 22.0. The van der Waals surface area contributed by atoms with Gasteiger partial charge < -0.3 is 10.1 Å². The number of nitrogens with one attached hydrogen (secondary N) is 1. The summed E-state index contributed by atoms with van der Waals surface area (Å²) >= 11 is 0. The van der Waals surface area contributed by atoms with Gasteiger partial charge in [-0.25, -0.2) is 23.1 Å². The number of ether oxygens (including phenoxy) is 1. The second-order valence-corrected chi connectivity index (χ2v) is 8.52. The average molecular weight is 484 g/mol. The molecule has 1 aliphatic heterocycles. The lowest BCUT2D eigenvalue weighted by Gasteiger charge is -2.18. The molecule has 0 unspecified atom stereocenters. The normalized spacial score (nSPS) is 12.8. The van der Waals surface area contributed by atoms with E-state index in [1.165, 1.54) is 12.1 Å². The minimum Gasteiger partial charge on any atom is -0.493 e. The summed E-state index contributed by atoms with van der Waals surface area (Å²) in [5.74, 6) is -1.15. The second-order valence-electron chi connectivity index (χ2n) is 8.52. The van der Waals surface area contributed by atoms with E-state index in [1.54, 1.807) is 30.6 Å². The maximum Gasteiger partial charge on any atom is 0.163 e. The van der Waals surface area contributed by atoms with Gasteiger partial charge in [0.2, 0.25) is 0 Å². The van der Waals surface area contributed by atoms with Crippen LogP contribution >= 0.6 is 0 Å². The molecular weight excluding hydrogens is 465 g/mol. The van der Waals surface area contributed by atoms with Gasteiger partial charge in [-0.2, -0.15) is 0 Å². The van der Waals surface area contributed by atoms with Crippen molar-refractivity contribution in [3.63, 3.8) is 0 Å². The van der Waals surface area contributed by atoms with Gasteiger partial charge in [-0.3, -0.25) is 4.98 Å². The second kappa shape index (κ2) is 8.96. The third-order valence-electron chi connectivity index (χ3n) is 6.10. The van der Waals surface area contributed by atoms with E-state index in [9.17, 15) is 8.78 Å². The third kappa shape index (κ3) is 4.11. The highest BCUT2D eigenvalue weighted by Crippen LogP contribution is 2.35. The highest BCUT2D eigenvalue weighted by molar-refractivity contribution is 5.95. The van der Waals surface area contributed by atoms with Gasteiger partial charge in [-0.05, 0) is 78.1 Å². The van der Waals surface area contributed by atoms with Crippen LogP contribution in [0.4, 0.5) is 24.7 Å². The topological polar surface area (TPSA) is 59.9 Å². The van der Waals surface area contributed by atoms with Crippen LogP contribution in [0, 0.1) is 17.5 Å². The zero-order valence-corrected chi connectivity index (χ0v) is 18.9. The van der Waals surface area contributed by atoms with Crippen LogP contribution in [0.1, 0.15) is 12.0 Å². The van der Waals surface area contributed by atoms with Crippen LogP contribution in [0.15, 0.2) is 73.1 Å². The van der Waals surface area contributed by atoms with Crippen LogP contribution in [0.3, 0.4) is 0 Å². The Morgan fingerprint density at radius 3 is 2.56 bits per heavy atom. The van der Waals surface area contributed by atoms with Crippen LogP contribution in [0.2, 0.25) is 0 Å². The van der Waals surface area contributed by atoms with Crippen molar-refractivity contribution in [2.45, 2.75) is 12.8 Å². The van der Waals surface area contributed by atoms with E-state index in [2.05, 4.69) is 20.3 Å². The standard InChI is InChI=1S/C28H19F3N4O/c29-22-7-6-20(14-23(22)30)33-28-21-12-19(16-5-8-25-17(11-16)4-2-10-36-25)13-24(31)26(21)34-27(35-28)18-3-1-9-32-15-18/h1,3,5-9,11-15H,2,4,10H2,(H,33,34,35). The summed E-state index contributed by atoms with van der Waals surface area (Å²) < 4.78 is 48.6. The Morgan fingerprint density at radius 1 is 0.806 bits per heavy atom. The van der Waals surface area contributed by atoms with Gasteiger partial charge in [0, 0.05) is 35.1 Å². The minimum absolute atomic E-state index is 0.0963. The van der Waals surface area contributed by atoms with Crippen molar-refractivity contribution in [2.24, 2.45) is 0 Å². The Hall–Kier alpha value is -4.46. The van der Waals surface area contributed by atoms with Gasteiger partial charge in [0.1, 0.15) is 22.9 Å². The maximum absolute atomic E-state index is 15.5. The van der Waals surface area contributed by atoms with Crippen molar-refractivity contribution in [1.29, 1.82) is 0 Å². The monoisotopic (exact) mass is 484 g/mol. The van der Waals surface area contributed by atoms with Gasteiger partial charge in [-0.15, -0.1) is 0 Å². The van der Waals surface area contributed by atoms with E-state index in [-0.39, 0.29) is 22.8 Å². The third-order valence-corrected chi connectivity index (χ3v) is 6.10. The molecule has 0 saturated carbocycles. The molecule has 5 aromatic rings.